The van der Waals surface area contributed by atoms with Gasteiger partial charge in [0, 0.05) is 12.6 Å². The Kier molecular flexibility index (Phi) is 2.56. The van der Waals surface area contributed by atoms with Crippen molar-refractivity contribution in [3.63, 3.8) is 0 Å². The first kappa shape index (κ1) is 11.0. The van der Waals surface area contributed by atoms with Gasteiger partial charge in [-0.05, 0) is 30.9 Å². The molecule has 0 N–H and O–H groups in total. The predicted octanol–water partition coefficient (Wildman–Crippen LogP) is 2.03. The van der Waals surface area contributed by atoms with Crippen LogP contribution in [0.15, 0.2) is 47.4 Å². The Morgan fingerprint density at radius 3 is 2.65 bits per heavy atom. The first-order valence-corrected chi connectivity index (χ1v) is 7.37. The van der Waals surface area contributed by atoms with Crippen molar-refractivity contribution in [3.05, 3.63) is 42.5 Å². The van der Waals surface area contributed by atoms with Crippen LogP contribution in [0.25, 0.3) is 0 Å². The molecule has 2 atom stereocenters. The number of allylic oxidation sites excluding steroid dienone is 1. The van der Waals surface area contributed by atoms with Crippen LogP contribution >= 0.6 is 0 Å². The maximum atomic E-state index is 12.5. The van der Waals surface area contributed by atoms with Gasteiger partial charge in [0.05, 0.1) is 4.90 Å². The van der Waals surface area contributed by atoms with Crippen LogP contribution in [0.5, 0.6) is 0 Å². The molecule has 0 saturated carbocycles. The molecule has 1 aliphatic heterocycles. The zero-order chi connectivity index (χ0) is 11.9. The number of piperidine rings is 1. The quantitative estimate of drug-likeness (QED) is 0.752. The van der Waals surface area contributed by atoms with Crippen LogP contribution in [0.3, 0.4) is 0 Å². The summed E-state index contributed by atoms with van der Waals surface area (Å²) in [6.07, 6.45) is 6.09. The Bertz CT molecular complexity index is 536. The number of fused-ring (bicyclic) bond motifs is 2. The Labute approximate surface area is 102 Å². The molecule has 17 heavy (non-hydrogen) atoms. The van der Waals surface area contributed by atoms with Crippen LogP contribution in [-0.2, 0) is 10.0 Å². The van der Waals surface area contributed by atoms with E-state index >= 15 is 0 Å². The smallest absolute Gasteiger partial charge is 0.207 e. The fourth-order valence-corrected chi connectivity index (χ4v) is 4.30. The van der Waals surface area contributed by atoms with Crippen molar-refractivity contribution in [1.29, 1.82) is 0 Å². The van der Waals surface area contributed by atoms with Crippen molar-refractivity contribution < 1.29 is 8.42 Å². The molecule has 1 aromatic rings. The van der Waals surface area contributed by atoms with Gasteiger partial charge >= 0.3 is 0 Å². The second kappa shape index (κ2) is 3.96. The number of hydrogen-bond donors (Lipinski definition) is 0. The van der Waals surface area contributed by atoms with Crippen LogP contribution in [-0.4, -0.2) is 25.3 Å². The van der Waals surface area contributed by atoms with Gasteiger partial charge in [0.25, 0.3) is 0 Å². The van der Waals surface area contributed by atoms with Crippen LogP contribution in [0.2, 0.25) is 0 Å². The lowest BCUT2D eigenvalue weighted by atomic mass is 10.0. The fraction of sp³-hybridized carbons (Fsp3) is 0.385. The molecule has 90 valence electrons. The summed E-state index contributed by atoms with van der Waals surface area (Å²) in [6, 6.07) is 8.77. The number of hydrogen-bond acceptors (Lipinski definition) is 2. The summed E-state index contributed by atoms with van der Waals surface area (Å²) in [5.74, 6) is 0.585. The Balaban J connectivity index is 1.96. The number of nitrogens with zero attached hydrogens (tertiary/aromatic N) is 1. The second-order valence-corrected chi connectivity index (χ2v) is 6.56. The van der Waals surface area contributed by atoms with Gasteiger partial charge in [-0.15, -0.1) is 0 Å². The monoisotopic (exact) mass is 249 g/mol. The van der Waals surface area contributed by atoms with Gasteiger partial charge in [-0.3, -0.25) is 0 Å². The van der Waals surface area contributed by atoms with Crippen molar-refractivity contribution in [3.8, 4) is 0 Å². The van der Waals surface area contributed by atoms with Gasteiger partial charge < -0.3 is 0 Å². The first-order valence-electron chi connectivity index (χ1n) is 5.93. The van der Waals surface area contributed by atoms with E-state index in [2.05, 4.69) is 6.08 Å². The largest absolute Gasteiger partial charge is 0.243 e. The highest BCUT2D eigenvalue weighted by Gasteiger charge is 2.37. The van der Waals surface area contributed by atoms with E-state index in [1.165, 1.54) is 0 Å². The lowest BCUT2D eigenvalue weighted by molar-refractivity contribution is 0.275. The van der Waals surface area contributed by atoms with Crippen LogP contribution in [0.4, 0.5) is 0 Å². The van der Waals surface area contributed by atoms with Crippen molar-refractivity contribution in [2.75, 3.05) is 6.54 Å². The average Bonchev–Trinajstić information content (AvgIpc) is 2.71. The second-order valence-electron chi connectivity index (χ2n) is 4.67. The minimum Gasteiger partial charge on any atom is -0.207 e. The summed E-state index contributed by atoms with van der Waals surface area (Å²) >= 11 is 0. The molecule has 0 radical (unpaired) electrons. The third-order valence-corrected chi connectivity index (χ3v) is 5.53. The molecule has 3 rings (SSSR count). The molecule has 1 aliphatic carbocycles. The summed E-state index contributed by atoms with van der Waals surface area (Å²) in [5, 5.41) is 0. The zero-order valence-corrected chi connectivity index (χ0v) is 10.3. The van der Waals surface area contributed by atoms with E-state index in [9.17, 15) is 8.42 Å². The molecule has 0 spiro atoms. The van der Waals surface area contributed by atoms with Crippen molar-refractivity contribution in [1.82, 2.24) is 4.31 Å². The average molecular weight is 249 g/mol. The highest BCUT2D eigenvalue weighted by atomic mass is 32.2. The number of rotatable bonds is 2. The first-order chi connectivity index (χ1) is 8.18. The van der Waals surface area contributed by atoms with Crippen LogP contribution in [0, 0.1) is 5.92 Å². The van der Waals surface area contributed by atoms with Gasteiger partial charge in [-0.1, -0.05) is 30.4 Å². The maximum Gasteiger partial charge on any atom is 0.243 e. The van der Waals surface area contributed by atoms with E-state index in [0.29, 0.717) is 17.4 Å². The molecular formula is C13H15NO2S. The van der Waals surface area contributed by atoms with E-state index in [4.69, 9.17) is 0 Å². The van der Waals surface area contributed by atoms with E-state index in [1.807, 2.05) is 12.1 Å². The van der Waals surface area contributed by atoms with Crippen LogP contribution < -0.4 is 0 Å². The molecule has 0 aromatic heterocycles. The number of benzene rings is 1. The van der Waals surface area contributed by atoms with Crippen molar-refractivity contribution >= 4 is 10.0 Å². The van der Waals surface area contributed by atoms with E-state index < -0.39 is 10.0 Å². The van der Waals surface area contributed by atoms with E-state index in [0.717, 1.165) is 12.8 Å². The van der Waals surface area contributed by atoms with Gasteiger partial charge in [-0.25, -0.2) is 8.42 Å². The lowest BCUT2D eigenvalue weighted by Gasteiger charge is -2.32. The third kappa shape index (κ3) is 1.81. The van der Waals surface area contributed by atoms with Crippen LogP contribution in [0.1, 0.15) is 12.8 Å². The zero-order valence-electron chi connectivity index (χ0n) is 9.49. The minimum absolute atomic E-state index is 0.0685. The molecule has 1 aromatic carbocycles. The molecular weight excluding hydrogens is 234 g/mol. The molecule has 0 amide bonds. The molecule has 4 heteroatoms. The molecule has 1 heterocycles. The molecule has 3 nitrogen and oxygen atoms in total. The SMILES string of the molecule is O=S(=O)(c1ccccc1)N1CCC2C=CC1C2. The summed E-state index contributed by atoms with van der Waals surface area (Å²) in [6.45, 7) is 0.638. The summed E-state index contributed by atoms with van der Waals surface area (Å²) < 4.78 is 26.6. The van der Waals surface area contributed by atoms with Gasteiger partial charge in [-0.2, -0.15) is 4.31 Å². The van der Waals surface area contributed by atoms with E-state index in [-0.39, 0.29) is 6.04 Å². The van der Waals surface area contributed by atoms with Gasteiger partial charge in [0.2, 0.25) is 10.0 Å². The van der Waals surface area contributed by atoms with Crippen molar-refractivity contribution in [2.24, 2.45) is 5.92 Å². The maximum absolute atomic E-state index is 12.5. The summed E-state index contributed by atoms with van der Waals surface area (Å²) in [5.41, 5.74) is 0. The predicted molar refractivity (Wildman–Crippen MR) is 66.0 cm³/mol. The van der Waals surface area contributed by atoms with Crippen molar-refractivity contribution in [2.45, 2.75) is 23.8 Å². The molecule has 1 fully saturated rings. The standard InChI is InChI=1S/C13H15NO2S/c15-17(16,13-4-2-1-3-5-13)14-9-8-11-6-7-12(14)10-11/h1-7,11-12H,8-10H2. The Morgan fingerprint density at radius 2 is 1.88 bits per heavy atom. The summed E-state index contributed by atoms with van der Waals surface area (Å²) in [7, 11) is -3.31. The third-order valence-electron chi connectivity index (χ3n) is 3.59. The highest BCUT2D eigenvalue weighted by Crippen LogP contribution is 2.34. The highest BCUT2D eigenvalue weighted by molar-refractivity contribution is 7.89. The fourth-order valence-electron chi connectivity index (χ4n) is 2.67. The normalized spacial score (nSPS) is 28.5. The molecule has 2 bridgehead atoms. The molecule has 2 aliphatic rings. The Hall–Kier alpha value is -1.13. The molecule has 1 saturated heterocycles. The Morgan fingerprint density at radius 1 is 1.12 bits per heavy atom. The summed E-state index contributed by atoms with van der Waals surface area (Å²) in [4.78, 5) is 0.402. The van der Waals surface area contributed by atoms with Gasteiger partial charge in [0.15, 0.2) is 0 Å². The topological polar surface area (TPSA) is 37.4 Å². The number of sulfonamides is 1. The van der Waals surface area contributed by atoms with E-state index in [1.54, 1.807) is 28.6 Å². The molecule has 2 unspecified atom stereocenters. The van der Waals surface area contributed by atoms with Gasteiger partial charge in [0.1, 0.15) is 0 Å². The lowest BCUT2D eigenvalue weighted by Crippen LogP contribution is -2.42. The minimum atomic E-state index is -3.31.